The minimum absolute atomic E-state index is 0.196. The molecule has 2 amide bonds. The van der Waals surface area contributed by atoms with E-state index in [1.807, 2.05) is 38.1 Å². The van der Waals surface area contributed by atoms with Crippen molar-refractivity contribution in [3.63, 3.8) is 0 Å². The molecule has 6 heteroatoms. The van der Waals surface area contributed by atoms with Gasteiger partial charge in [0, 0.05) is 16.3 Å². The zero-order valence-corrected chi connectivity index (χ0v) is 18.2. The molecule has 0 radical (unpaired) electrons. The number of halogens is 1. The van der Waals surface area contributed by atoms with Gasteiger partial charge in [0.25, 0.3) is 11.8 Å². The van der Waals surface area contributed by atoms with Crippen molar-refractivity contribution in [3.8, 4) is 5.75 Å². The number of carbonyl (C=O) groups excluding carboxylic acids is 2. The van der Waals surface area contributed by atoms with Crippen LogP contribution >= 0.6 is 11.6 Å². The molecule has 0 saturated heterocycles. The van der Waals surface area contributed by atoms with Crippen LogP contribution in [-0.4, -0.2) is 18.9 Å². The summed E-state index contributed by atoms with van der Waals surface area (Å²) >= 11 is 6.12. The fraction of sp³-hybridized carbons (Fsp3) is 0.120. The van der Waals surface area contributed by atoms with Crippen molar-refractivity contribution in [1.82, 2.24) is 0 Å². The van der Waals surface area contributed by atoms with E-state index in [1.165, 1.54) is 7.11 Å². The molecule has 1 heterocycles. The number of benzene rings is 3. The zero-order valence-electron chi connectivity index (χ0n) is 17.4. The van der Waals surface area contributed by atoms with E-state index in [2.05, 4.69) is 5.32 Å². The van der Waals surface area contributed by atoms with Crippen LogP contribution in [0.15, 0.2) is 72.4 Å². The number of anilines is 2. The Morgan fingerprint density at radius 3 is 2.39 bits per heavy atom. The van der Waals surface area contributed by atoms with Crippen LogP contribution in [0.5, 0.6) is 5.75 Å². The lowest BCUT2D eigenvalue weighted by molar-refractivity contribution is -0.120. The van der Waals surface area contributed by atoms with Crippen LogP contribution in [0.2, 0.25) is 5.02 Å². The van der Waals surface area contributed by atoms with E-state index in [0.29, 0.717) is 22.0 Å². The Hall–Kier alpha value is -3.57. The Morgan fingerprint density at radius 2 is 1.68 bits per heavy atom. The smallest absolute Gasteiger partial charge is 0.282 e. The van der Waals surface area contributed by atoms with Gasteiger partial charge in [0.2, 0.25) is 0 Å². The molecule has 0 fully saturated rings. The second-order valence-electron chi connectivity index (χ2n) is 7.32. The first kappa shape index (κ1) is 20.7. The number of nitrogens with zero attached hydrogens (tertiary/aromatic N) is 1. The van der Waals surface area contributed by atoms with Crippen LogP contribution in [0.3, 0.4) is 0 Å². The Bertz CT molecular complexity index is 1230. The number of rotatable bonds is 5. The summed E-state index contributed by atoms with van der Waals surface area (Å²) in [7, 11) is 1.53. The number of methoxy groups -OCH3 is 1. The van der Waals surface area contributed by atoms with E-state index < -0.39 is 11.8 Å². The number of aryl methyl sites for hydroxylation is 2. The van der Waals surface area contributed by atoms with Crippen LogP contribution in [-0.2, 0) is 9.59 Å². The van der Waals surface area contributed by atoms with Gasteiger partial charge in [0.15, 0.2) is 0 Å². The van der Waals surface area contributed by atoms with Gasteiger partial charge in [-0.15, -0.1) is 0 Å². The third-order valence-electron chi connectivity index (χ3n) is 5.17. The number of carbonyl (C=O) groups is 2. The molecule has 31 heavy (non-hydrogen) atoms. The average Bonchev–Trinajstić information content (AvgIpc) is 2.99. The first-order valence-corrected chi connectivity index (χ1v) is 10.1. The number of hydrogen-bond acceptors (Lipinski definition) is 4. The maximum absolute atomic E-state index is 13.5. The minimum Gasteiger partial charge on any atom is -0.496 e. The maximum Gasteiger partial charge on any atom is 0.282 e. The van der Waals surface area contributed by atoms with Crippen molar-refractivity contribution in [1.29, 1.82) is 0 Å². The Morgan fingerprint density at radius 1 is 0.903 bits per heavy atom. The zero-order chi connectivity index (χ0) is 22.1. The summed E-state index contributed by atoms with van der Waals surface area (Å²) < 4.78 is 5.47. The normalized spacial score (nSPS) is 13.7. The minimum atomic E-state index is -0.451. The first-order chi connectivity index (χ1) is 14.9. The highest BCUT2D eigenvalue weighted by Crippen LogP contribution is 2.38. The molecule has 0 saturated carbocycles. The molecule has 0 aliphatic carbocycles. The van der Waals surface area contributed by atoms with E-state index in [0.717, 1.165) is 21.7 Å². The van der Waals surface area contributed by atoms with Crippen LogP contribution < -0.4 is 15.0 Å². The van der Waals surface area contributed by atoms with Crippen LogP contribution in [0.1, 0.15) is 16.7 Å². The summed E-state index contributed by atoms with van der Waals surface area (Å²) in [5.41, 5.74) is 4.23. The highest BCUT2D eigenvalue weighted by atomic mass is 35.5. The summed E-state index contributed by atoms with van der Waals surface area (Å²) in [6.07, 6.45) is 0. The molecule has 0 atom stereocenters. The molecule has 3 aromatic carbocycles. The highest BCUT2D eigenvalue weighted by molar-refractivity contribution is 6.46. The summed E-state index contributed by atoms with van der Waals surface area (Å²) in [4.78, 5) is 28.2. The number of nitrogens with one attached hydrogen (secondary N) is 1. The van der Waals surface area contributed by atoms with Crippen LogP contribution in [0.25, 0.3) is 5.57 Å². The molecular weight excluding hydrogens is 412 g/mol. The first-order valence-electron chi connectivity index (χ1n) is 9.77. The molecule has 0 bridgehead atoms. The van der Waals surface area contributed by atoms with Gasteiger partial charge in [0.1, 0.15) is 11.4 Å². The van der Waals surface area contributed by atoms with Crippen molar-refractivity contribution in [2.24, 2.45) is 0 Å². The van der Waals surface area contributed by atoms with Crippen LogP contribution in [0, 0.1) is 13.8 Å². The molecule has 156 valence electrons. The fourth-order valence-electron chi connectivity index (χ4n) is 3.68. The number of para-hydroxylation sites is 1. The summed E-state index contributed by atoms with van der Waals surface area (Å²) in [6, 6.07) is 19.7. The lowest BCUT2D eigenvalue weighted by Gasteiger charge is -2.16. The largest absolute Gasteiger partial charge is 0.496 e. The SMILES string of the molecule is COc1ccccc1C1=C(Nc2ccc(C)cc2C)C(=O)N(c2cccc(Cl)c2)C1=O. The molecule has 0 unspecified atom stereocenters. The monoisotopic (exact) mass is 432 g/mol. The highest BCUT2D eigenvalue weighted by Gasteiger charge is 2.41. The van der Waals surface area contributed by atoms with Crippen molar-refractivity contribution >= 4 is 40.4 Å². The standard InChI is InChI=1S/C25H21ClN2O3/c1-15-11-12-20(16(2)13-15)27-23-22(19-9-4-5-10-21(19)31-3)24(29)28(25(23)30)18-8-6-7-17(26)14-18/h4-14,27H,1-3H3. The predicted octanol–water partition coefficient (Wildman–Crippen LogP) is 5.36. The number of amides is 2. The van der Waals surface area contributed by atoms with E-state index >= 15 is 0 Å². The molecule has 3 aromatic rings. The molecule has 0 spiro atoms. The van der Waals surface area contributed by atoms with Gasteiger partial charge in [-0.25, -0.2) is 4.90 Å². The van der Waals surface area contributed by atoms with Gasteiger partial charge >= 0.3 is 0 Å². The summed E-state index contributed by atoms with van der Waals surface area (Å²) in [5, 5.41) is 3.65. The number of ether oxygens (including phenoxy) is 1. The van der Waals surface area contributed by atoms with E-state index in [1.54, 1.807) is 42.5 Å². The van der Waals surface area contributed by atoms with E-state index in [9.17, 15) is 9.59 Å². The second-order valence-corrected chi connectivity index (χ2v) is 7.76. The second kappa shape index (κ2) is 8.28. The Balaban J connectivity index is 1.88. The molecule has 5 nitrogen and oxygen atoms in total. The van der Waals surface area contributed by atoms with E-state index in [-0.39, 0.29) is 11.3 Å². The van der Waals surface area contributed by atoms with Gasteiger partial charge < -0.3 is 10.1 Å². The van der Waals surface area contributed by atoms with Crippen molar-refractivity contribution in [2.75, 3.05) is 17.3 Å². The van der Waals surface area contributed by atoms with Crippen LogP contribution in [0.4, 0.5) is 11.4 Å². The maximum atomic E-state index is 13.5. The number of imide groups is 1. The van der Waals surface area contributed by atoms with E-state index in [4.69, 9.17) is 16.3 Å². The average molecular weight is 433 g/mol. The third kappa shape index (κ3) is 3.80. The van der Waals surface area contributed by atoms with Crippen molar-refractivity contribution in [3.05, 3.63) is 94.1 Å². The van der Waals surface area contributed by atoms with Gasteiger partial charge in [0.05, 0.1) is 18.4 Å². The Labute approximate surface area is 185 Å². The topological polar surface area (TPSA) is 58.6 Å². The van der Waals surface area contributed by atoms with Gasteiger partial charge in [-0.1, -0.05) is 53.6 Å². The quantitative estimate of drug-likeness (QED) is 0.551. The predicted molar refractivity (Wildman–Crippen MR) is 123 cm³/mol. The van der Waals surface area contributed by atoms with Gasteiger partial charge in [-0.3, -0.25) is 9.59 Å². The molecule has 4 rings (SSSR count). The van der Waals surface area contributed by atoms with Crippen molar-refractivity contribution < 1.29 is 14.3 Å². The van der Waals surface area contributed by atoms with Crippen molar-refractivity contribution in [2.45, 2.75) is 13.8 Å². The molecule has 0 aromatic heterocycles. The lowest BCUT2D eigenvalue weighted by Crippen LogP contribution is -2.32. The Kier molecular flexibility index (Phi) is 5.53. The third-order valence-corrected chi connectivity index (χ3v) is 5.40. The fourth-order valence-corrected chi connectivity index (χ4v) is 3.87. The summed E-state index contributed by atoms with van der Waals surface area (Å²) in [5.74, 6) is -0.385. The number of hydrogen-bond donors (Lipinski definition) is 1. The summed E-state index contributed by atoms with van der Waals surface area (Å²) in [6.45, 7) is 3.95. The van der Waals surface area contributed by atoms with Gasteiger partial charge in [-0.05, 0) is 49.7 Å². The lowest BCUT2D eigenvalue weighted by atomic mass is 10.0. The molecule has 1 aliphatic heterocycles. The molecular formula is C25H21ClN2O3. The molecule has 1 N–H and O–H groups in total. The van der Waals surface area contributed by atoms with Gasteiger partial charge in [-0.2, -0.15) is 0 Å². The molecule has 1 aliphatic rings.